The van der Waals surface area contributed by atoms with E-state index in [-0.39, 0.29) is 6.09 Å². The zero-order chi connectivity index (χ0) is 17.9. The molecule has 0 radical (unpaired) electrons. The maximum Gasteiger partial charge on any atom is 0.410 e. The maximum absolute atomic E-state index is 12.5. The van der Waals surface area contributed by atoms with Crippen LogP contribution in [0.25, 0.3) is 5.69 Å². The van der Waals surface area contributed by atoms with Crippen molar-refractivity contribution in [3.8, 4) is 5.69 Å². The number of tetrazole rings is 1. The second-order valence-corrected chi connectivity index (χ2v) is 6.60. The summed E-state index contributed by atoms with van der Waals surface area (Å²) in [5.74, 6) is 0.701. The number of hydrogen-bond acceptors (Lipinski definition) is 5. The number of aromatic nitrogens is 4. The molecule has 3 rings (SSSR count). The van der Waals surface area contributed by atoms with E-state index in [2.05, 4.69) is 15.5 Å². The summed E-state index contributed by atoms with van der Waals surface area (Å²) in [7, 11) is 1.79. The molecule has 1 amide bonds. The quantitative estimate of drug-likeness (QED) is 0.852. The minimum atomic E-state index is -0.543. The minimum Gasteiger partial charge on any atom is -0.450 e. The Hall–Kier alpha value is -2.44. The number of rotatable bonds is 4. The van der Waals surface area contributed by atoms with Crippen LogP contribution in [-0.2, 0) is 10.3 Å². The van der Waals surface area contributed by atoms with Gasteiger partial charge >= 0.3 is 6.09 Å². The molecule has 1 saturated carbocycles. The molecule has 1 heterocycles. The predicted molar refractivity (Wildman–Crippen MR) is 93.4 cm³/mol. The van der Waals surface area contributed by atoms with E-state index < -0.39 is 5.54 Å². The van der Waals surface area contributed by atoms with Crippen molar-refractivity contribution in [2.24, 2.45) is 0 Å². The Balaban J connectivity index is 2.05. The van der Waals surface area contributed by atoms with Gasteiger partial charge in [0.05, 0.1) is 12.3 Å². The molecule has 134 valence electrons. The van der Waals surface area contributed by atoms with E-state index in [1.54, 1.807) is 16.6 Å². The van der Waals surface area contributed by atoms with Gasteiger partial charge in [-0.3, -0.25) is 4.90 Å². The van der Waals surface area contributed by atoms with Crippen LogP contribution in [0.2, 0.25) is 0 Å². The number of hydrogen-bond donors (Lipinski definition) is 0. The molecule has 0 spiro atoms. The van der Waals surface area contributed by atoms with Crippen molar-refractivity contribution in [3.63, 3.8) is 0 Å². The molecule has 1 aliphatic rings. The van der Waals surface area contributed by atoms with Gasteiger partial charge in [0.2, 0.25) is 0 Å². The Bertz CT molecular complexity index is 719. The summed E-state index contributed by atoms with van der Waals surface area (Å²) in [6.45, 7) is 4.21. The Kier molecular flexibility index (Phi) is 5.01. The first-order valence-electron chi connectivity index (χ1n) is 8.85. The van der Waals surface area contributed by atoms with Gasteiger partial charge in [0.15, 0.2) is 5.82 Å². The first-order valence-corrected chi connectivity index (χ1v) is 8.85. The molecule has 1 fully saturated rings. The molecule has 0 bridgehead atoms. The highest BCUT2D eigenvalue weighted by Gasteiger charge is 2.45. The SMILES string of the molecule is CCOC(=O)N(C)C1(c2nnnn2-c2ccc(C)cc2)CCCCC1. The van der Waals surface area contributed by atoms with Gasteiger partial charge in [0, 0.05) is 7.05 Å². The topological polar surface area (TPSA) is 73.1 Å². The Morgan fingerprint density at radius 2 is 1.92 bits per heavy atom. The Morgan fingerprint density at radius 3 is 2.56 bits per heavy atom. The van der Waals surface area contributed by atoms with Crippen LogP contribution in [-0.4, -0.2) is 44.9 Å². The summed E-state index contributed by atoms with van der Waals surface area (Å²) in [6, 6.07) is 8.05. The largest absolute Gasteiger partial charge is 0.450 e. The standard InChI is InChI=1S/C18H25N5O2/c1-4-25-17(24)22(3)18(12-6-5-7-13-18)16-19-20-21-23(16)15-10-8-14(2)9-11-15/h8-11H,4-7,12-13H2,1-3H3. The van der Waals surface area contributed by atoms with E-state index in [1.807, 2.05) is 38.1 Å². The first-order chi connectivity index (χ1) is 12.1. The fourth-order valence-electron chi connectivity index (χ4n) is 3.58. The smallest absolute Gasteiger partial charge is 0.410 e. The number of benzene rings is 1. The minimum absolute atomic E-state index is 0.331. The summed E-state index contributed by atoms with van der Waals surface area (Å²) in [4.78, 5) is 14.1. The Labute approximate surface area is 148 Å². The van der Waals surface area contributed by atoms with Gasteiger partial charge in [-0.05, 0) is 49.2 Å². The average Bonchev–Trinajstić information content (AvgIpc) is 3.13. The van der Waals surface area contributed by atoms with Crippen molar-refractivity contribution in [2.45, 2.75) is 51.5 Å². The van der Waals surface area contributed by atoms with Crippen LogP contribution < -0.4 is 0 Å². The molecule has 25 heavy (non-hydrogen) atoms. The number of ether oxygens (including phenoxy) is 1. The molecule has 0 atom stereocenters. The number of carbonyl (C=O) groups is 1. The van der Waals surface area contributed by atoms with Crippen molar-refractivity contribution < 1.29 is 9.53 Å². The Morgan fingerprint density at radius 1 is 1.24 bits per heavy atom. The fraction of sp³-hybridized carbons (Fsp3) is 0.556. The zero-order valence-electron chi connectivity index (χ0n) is 15.1. The van der Waals surface area contributed by atoms with E-state index in [9.17, 15) is 4.79 Å². The van der Waals surface area contributed by atoms with Crippen molar-refractivity contribution in [3.05, 3.63) is 35.7 Å². The van der Waals surface area contributed by atoms with E-state index in [0.717, 1.165) is 37.8 Å². The highest BCUT2D eigenvalue weighted by atomic mass is 16.6. The van der Waals surface area contributed by atoms with Crippen LogP contribution in [0, 0.1) is 6.92 Å². The number of carbonyl (C=O) groups excluding carboxylic acids is 1. The lowest BCUT2D eigenvalue weighted by Crippen LogP contribution is -2.50. The third-order valence-electron chi connectivity index (χ3n) is 5.03. The normalized spacial score (nSPS) is 16.4. The maximum atomic E-state index is 12.5. The third kappa shape index (κ3) is 3.23. The molecule has 0 saturated heterocycles. The predicted octanol–water partition coefficient (Wildman–Crippen LogP) is 3.22. The average molecular weight is 343 g/mol. The van der Waals surface area contributed by atoms with Crippen LogP contribution in [0.5, 0.6) is 0 Å². The first kappa shape index (κ1) is 17.4. The zero-order valence-corrected chi connectivity index (χ0v) is 15.1. The van der Waals surface area contributed by atoms with Gasteiger partial charge in [-0.15, -0.1) is 5.10 Å². The van der Waals surface area contributed by atoms with Gasteiger partial charge < -0.3 is 4.74 Å². The van der Waals surface area contributed by atoms with Gasteiger partial charge in [-0.25, -0.2) is 4.79 Å². The lowest BCUT2D eigenvalue weighted by atomic mass is 9.79. The summed E-state index contributed by atoms with van der Waals surface area (Å²) >= 11 is 0. The molecular weight excluding hydrogens is 318 g/mol. The van der Waals surface area contributed by atoms with E-state index in [0.29, 0.717) is 12.4 Å². The van der Waals surface area contributed by atoms with Gasteiger partial charge in [0.1, 0.15) is 5.54 Å². The van der Waals surface area contributed by atoms with E-state index >= 15 is 0 Å². The van der Waals surface area contributed by atoms with E-state index in [1.165, 1.54) is 5.56 Å². The molecule has 1 aromatic heterocycles. The third-order valence-corrected chi connectivity index (χ3v) is 5.03. The van der Waals surface area contributed by atoms with Gasteiger partial charge in [0.25, 0.3) is 0 Å². The number of nitrogens with zero attached hydrogens (tertiary/aromatic N) is 5. The van der Waals surface area contributed by atoms with Crippen molar-refractivity contribution in [1.82, 2.24) is 25.1 Å². The molecule has 1 aliphatic carbocycles. The number of aryl methyl sites for hydroxylation is 1. The summed E-state index contributed by atoms with van der Waals surface area (Å²) in [5, 5.41) is 12.4. The second-order valence-electron chi connectivity index (χ2n) is 6.60. The summed E-state index contributed by atoms with van der Waals surface area (Å²) < 4.78 is 7.00. The molecule has 0 unspecified atom stereocenters. The van der Waals surface area contributed by atoms with Crippen LogP contribution in [0.15, 0.2) is 24.3 Å². The van der Waals surface area contributed by atoms with Crippen molar-refractivity contribution >= 4 is 6.09 Å². The molecule has 0 aliphatic heterocycles. The summed E-state index contributed by atoms with van der Waals surface area (Å²) in [5.41, 5.74) is 1.53. The molecule has 7 heteroatoms. The monoisotopic (exact) mass is 343 g/mol. The second kappa shape index (κ2) is 7.21. The lowest BCUT2D eigenvalue weighted by molar-refractivity contribution is 0.0390. The van der Waals surface area contributed by atoms with Crippen LogP contribution >= 0.6 is 0 Å². The van der Waals surface area contributed by atoms with Crippen molar-refractivity contribution in [1.29, 1.82) is 0 Å². The van der Waals surface area contributed by atoms with Crippen molar-refractivity contribution in [2.75, 3.05) is 13.7 Å². The highest BCUT2D eigenvalue weighted by Crippen LogP contribution is 2.41. The molecule has 7 nitrogen and oxygen atoms in total. The van der Waals surface area contributed by atoms with Crippen LogP contribution in [0.3, 0.4) is 0 Å². The molecule has 0 N–H and O–H groups in total. The lowest BCUT2D eigenvalue weighted by Gasteiger charge is -2.42. The fourth-order valence-corrected chi connectivity index (χ4v) is 3.58. The highest BCUT2D eigenvalue weighted by molar-refractivity contribution is 5.68. The molecule has 2 aromatic rings. The molecule has 1 aromatic carbocycles. The van der Waals surface area contributed by atoms with Crippen LogP contribution in [0.1, 0.15) is 50.4 Å². The van der Waals surface area contributed by atoms with Gasteiger partial charge in [-0.2, -0.15) is 4.68 Å². The number of amides is 1. The van der Waals surface area contributed by atoms with Gasteiger partial charge in [-0.1, -0.05) is 37.0 Å². The van der Waals surface area contributed by atoms with E-state index in [4.69, 9.17) is 4.74 Å². The molecular formula is C18H25N5O2. The van der Waals surface area contributed by atoms with Crippen LogP contribution in [0.4, 0.5) is 4.79 Å². The summed E-state index contributed by atoms with van der Waals surface area (Å²) in [6.07, 6.45) is 4.55.